The average Bonchev–Trinajstić information content (AvgIpc) is 2.58. The summed E-state index contributed by atoms with van der Waals surface area (Å²) in [4.78, 5) is 36.9. The lowest BCUT2D eigenvalue weighted by molar-refractivity contribution is -1.03. The molecule has 4 amide bonds. The van der Waals surface area contributed by atoms with Crippen molar-refractivity contribution in [1.29, 1.82) is 0 Å². The number of likely N-dealkylation sites (N-methyl/N-ethyl adjacent to an activating group) is 1. The van der Waals surface area contributed by atoms with Gasteiger partial charge in [0.05, 0.1) is 6.54 Å². The zero-order valence-corrected chi connectivity index (χ0v) is 11.1. The second-order valence-electron chi connectivity index (χ2n) is 5.16. The summed E-state index contributed by atoms with van der Waals surface area (Å²) in [6.07, 6.45) is 1.08. The predicted molar refractivity (Wildman–Crippen MR) is 63.2 cm³/mol. The number of carbonyl (C=O) groups is 3. The highest BCUT2D eigenvalue weighted by molar-refractivity contribution is 5.98. The van der Waals surface area contributed by atoms with Crippen molar-refractivity contribution in [3.63, 3.8) is 0 Å². The molecule has 0 aliphatic carbocycles. The van der Waals surface area contributed by atoms with Gasteiger partial charge in [-0.15, -0.1) is 0 Å². The van der Waals surface area contributed by atoms with E-state index in [2.05, 4.69) is 0 Å². The van der Waals surface area contributed by atoms with Gasteiger partial charge in [0.25, 0.3) is 5.91 Å². The van der Waals surface area contributed by atoms with E-state index in [1.807, 2.05) is 0 Å². The summed E-state index contributed by atoms with van der Waals surface area (Å²) in [6, 6.07) is -1.49. The van der Waals surface area contributed by atoms with E-state index in [0.29, 0.717) is 24.4 Å². The van der Waals surface area contributed by atoms with E-state index < -0.39 is 28.5 Å². The Balaban J connectivity index is 2.18. The number of urea groups is 1. The van der Waals surface area contributed by atoms with Crippen molar-refractivity contribution in [2.24, 2.45) is 5.84 Å². The number of imide groups is 1. The largest absolute Gasteiger partial charge is 0.452 e. The van der Waals surface area contributed by atoms with Crippen molar-refractivity contribution in [2.45, 2.75) is 38.3 Å². The van der Waals surface area contributed by atoms with E-state index in [4.69, 9.17) is 5.84 Å². The summed E-state index contributed by atoms with van der Waals surface area (Å²) in [5.41, 5.74) is 0. The smallest absolute Gasteiger partial charge is 0.273 e. The van der Waals surface area contributed by atoms with E-state index in [1.54, 1.807) is 6.92 Å². The first-order valence-electron chi connectivity index (χ1n) is 6.32. The molecule has 0 radical (unpaired) electrons. The first-order valence-corrected chi connectivity index (χ1v) is 6.32. The van der Waals surface area contributed by atoms with Crippen molar-refractivity contribution < 1.29 is 24.2 Å². The molecule has 0 aromatic carbocycles. The highest BCUT2D eigenvalue weighted by Gasteiger charge is 2.58. The molecule has 2 fully saturated rings. The SMILES string of the molecule is CCC(=O)N(N)C(=O)C1CCC2CN1C(=O)[N+]2(C)O. The van der Waals surface area contributed by atoms with Crippen LogP contribution in [-0.4, -0.2) is 63.3 Å². The van der Waals surface area contributed by atoms with Gasteiger partial charge < -0.3 is 0 Å². The molecule has 2 heterocycles. The van der Waals surface area contributed by atoms with Crippen LogP contribution < -0.4 is 5.84 Å². The van der Waals surface area contributed by atoms with Crippen LogP contribution in [-0.2, 0) is 9.59 Å². The number of nitrogens with zero attached hydrogens (tertiary/aromatic N) is 3. The summed E-state index contributed by atoms with van der Waals surface area (Å²) < 4.78 is -0.726. The van der Waals surface area contributed by atoms with Crippen LogP contribution in [0.25, 0.3) is 0 Å². The molecule has 3 unspecified atom stereocenters. The van der Waals surface area contributed by atoms with E-state index in [0.717, 1.165) is 0 Å². The summed E-state index contributed by atoms with van der Waals surface area (Å²) in [5, 5.41) is 10.6. The van der Waals surface area contributed by atoms with Crippen molar-refractivity contribution in [3.8, 4) is 0 Å². The van der Waals surface area contributed by atoms with Gasteiger partial charge in [-0.2, -0.15) is 0 Å². The monoisotopic (exact) mass is 271 g/mol. The lowest BCUT2D eigenvalue weighted by Crippen LogP contribution is -2.55. The number of hydrogen-bond donors (Lipinski definition) is 2. The number of carbonyl (C=O) groups excluding carboxylic acids is 3. The molecular formula is C11H19N4O4+. The summed E-state index contributed by atoms with van der Waals surface area (Å²) in [6.45, 7) is 1.92. The fraction of sp³-hybridized carbons (Fsp3) is 0.727. The fourth-order valence-electron chi connectivity index (χ4n) is 2.70. The molecule has 19 heavy (non-hydrogen) atoms. The number of fused-ring (bicyclic) bond motifs is 2. The average molecular weight is 271 g/mol. The maximum Gasteiger partial charge on any atom is 0.452 e. The molecule has 2 aliphatic heterocycles. The lowest BCUT2D eigenvalue weighted by Gasteiger charge is -2.29. The van der Waals surface area contributed by atoms with Crippen molar-refractivity contribution in [2.75, 3.05) is 13.6 Å². The van der Waals surface area contributed by atoms with Crippen LogP contribution in [0.2, 0.25) is 0 Å². The van der Waals surface area contributed by atoms with Crippen LogP contribution in [0.4, 0.5) is 4.79 Å². The number of piperidine rings is 1. The second kappa shape index (κ2) is 4.55. The number of hydrazine groups is 1. The molecule has 0 aromatic heterocycles. The molecule has 0 spiro atoms. The van der Waals surface area contributed by atoms with Gasteiger partial charge in [0, 0.05) is 12.8 Å². The second-order valence-corrected chi connectivity index (χ2v) is 5.16. The fourth-order valence-corrected chi connectivity index (χ4v) is 2.70. The molecule has 106 valence electrons. The topological polar surface area (TPSA) is 104 Å². The first-order chi connectivity index (χ1) is 8.80. The van der Waals surface area contributed by atoms with Crippen molar-refractivity contribution in [1.82, 2.24) is 9.91 Å². The zero-order valence-electron chi connectivity index (χ0n) is 11.1. The normalized spacial score (nSPS) is 33.5. The summed E-state index contributed by atoms with van der Waals surface area (Å²) in [5.74, 6) is 4.41. The van der Waals surface area contributed by atoms with E-state index in [1.165, 1.54) is 11.9 Å². The summed E-state index contributed by atoms with van der Waals surface area (Å²) >= 11 is 0. The number of quaternary nitrogens is 1. The molecule has 8 heteroatoms. The van der Waals surface area contributed by atoms with E-state index >= 15 is 0 Å². The number of hydrogen-bond acceptors (Lipinski definition) is 5. The Hall–Kier alpha value is -1.51. The Labute approximate surface area is 110 Å². The molecule has 0 aromatic rings. The minimum atomic E-state index is -0.753. The third-order valence-corrected chi connectivity index (χ3v) is 3.99. The van der Waals surface area contributed by atoms with Gasteiger partial charge in [0.2, 0.25) is 5.91 Å². The molecule has 2 bridgehead atoms. The van der Waals surface area contributed by atoms with Crippen molar-refractivity contribution in [3.05, 3.63) is 0 Å². The van der Waals surface area contributed by atoms with Crippen molar-refractivity contribution >= 4 is 17.8 Å². The summed E-state index contributed by atoms with van der Waals surface area (Å²) in [7, 11) is 1.41. The van der Waals surface area contributed by atoms with Gasteiger partial charge >= 0.3 is 6.03 Å². The van der Waals surface area contributed by atoms with Gasteiger partial charge in [-0.3, -0.25) is 14.5 Å². The molecule has 3 atom stereocenters. The van der Waals surface area contributed by atoms with Crippen LogP contribution in [0.15, 0.2) is 0 Å². The number of nitrogens with two attached hydrogens (primary N) is 1. The van der Waals surface area contributed by atoms with Crippen LogP contribution >= 0.6 is 0 Å². The van der Waals surface area contributed by atoms with Gasteiger partial charge in [-0.05, 0) is 6.42 Å². The molecule has 3 N–H and O–H groups in total. The molecule has 2 rings (SSSR count). The Morgan fingerprint density at radius 2 is 2.16 bits per heavy atom. The van der Waals surface area contributed by atoms with Crippen LogP contribution in [0.5, 0.6) is 0 Å². The zero-order chi connectivity index (χ0) is 14.4. The standard InChI is InChI=1S/C11H19N4O4/c1-3-9(16)14(12)10(17)8-5-4-7-6-13(8)11(18)15(7,2)19/h7-8,19H,3-6,12H2,1-2H3/q+1. The third-order valence-electron chi connectivity index (χ3n) is 3.99. The van der Waals surface area contributed by atoms with E-state index in [9.17, 15) is 19.6 Å². The minimum Gasteiger partial charge on any atom is -0.273 e. The van der Waals surface area contributed by atoms with Gasteiger partial charge in [0.1, 0.15) is 19.1 Å². The molecule has 2 saturated heterocycles. The Morgan fingerprint density at radius 3 is 2.74 bits per heavy atom. The third kappa shape index (κ3) is 2.01. The Bertz CT molecular complexity index is 436. The quantitative estimate of drug-likeness (QED) is 0.230. The maximum absolute atomic E-state index is 12.1. The van der Waals surface area contributed by atoms with Crippen LogP contribution in [0, 0.1) is 0 Å². The van der Waals surface area contributed by atoms with Crippen LogP contribution in [0.1, 0.15) is 26.2 Å². The van der Waals surface area contributed by atoms with Gasteiger partial charge in [-0.1, -0.05) is 11.6 Å². The Morgan fingerprint density at radius 1 is 1.53 bits per heavy atom. The molecular weight excluding hydrogens is 252 g/mol. The highest BCUT2D eigenvalue weighted by Crippen LogP contribution is 2.33. The van der Waals surface area contributed by atoms with Gasteiger partial charge in [-0.25, -0.2) is 20.9 Å². The first kappa shape index (κ1) is 13.9. The number of hydroxylamine groups is 3. The molecule has 2 aliphatic rings. The molecule has 0 saturated carbocycles. The van der Waals surface area contributed by atoms with E-state index in [-0.39, 0.29) is 12.5 Å². The molecule has 8 nitrogen and oxygen atoms in total. The number of amides is 4. The lowest BCUT2D eigenvalue weighted by atomic mass is 9.99. The maximum atomic E-state index is 12.1. The van der Waals surface area contributed by atoms with Gasteiger partial charge in [0.15, 0.2) is 0 Å². The number of rotatable bonds is 2. The highest BCUT2D eigenvalue weighted by atomic mass is 16.6. The minimum absolute atomic E-state index is 0.124. The van der Waals surface area contributed by atoms with Crippen LogP contribution in [0.3, 0.4) is 0 Å². The predicted octanol–water partition coefficient (Wildman–Crippen LogP) is -0.572. The Kier molecular flexibility index (Phi) is 3.33.